The van der Waals surface area contributed by atoms with E-state index < -0.39 is 11.9 Å². The van der Waals surface area contributed by atoms with Gasteiger partial charge in [0.2, 0.25) is 0 Å². The molecule has 0 aliphatic rings. The van der Waals surface area contributed by atoms with Gasteiger partial charge in [-0.25, -0.2) is 8.78 Å². The van der Waals surface area contributed by atoms with Gasteiger partial charge in [-0.05, 0) is 36.8 Å². The van der Waals surface area contributed by atoms with Gasteiger partial charge < -0.3 is 4.74 Å². The Morgan fingerprint density at radius 1 is 1.14 bits per heavy atom. The first kappa shape index (κ1) is 16.5. The molecule has 0 amide bonds. The number of benzene rings is 2. The molecule has 0 spiro atoms. The third kappa shape index (κ3) is 4.31. The Labute approximate surface area is 132 Å². The van der Waals surface area contributed by atoms with E-state index in [-0.39, 0.29) is 18.2 Å². The summed E-state index contributed by atoms with van der Waals surface area (Å²) < 4.78 is 31.8. The van der Waals surface area contributed by atoms with Gasteiger partial charge in [-0.3, -0.25) is 4.79 Å². The van der Waals surface area contributed by atoms with Crippen molar-refractivity contribution in [2.75, 3.05) is 12.4 Å². The zero-order valence-corrected chi connectivity index (χ0v) is 12.9. The summed E-state index contributed by atoms with van der Waals surface area (Å²) in [5, 5.41) is 0. The van der Waals surface area contributed by atoms with Crippen LogP contribution >= 0.6 is 11.8 Å². The highest BCUT2D eigenvalue weighted by atomic mass is 32.2. The normalized spacial score (nSPS) is 12.0. The maximum absolute atomic E-state index is 13.7. The van der Waals surface area contributed by atoms with E-state index in [0.717, 1.165) is 0 Å². The molecule has 0 aliphatic carbocycles. The predicted molar refractivity (Wildman–Crippen MR) is 82.9 cm³/mol. The topological polar surface area (TPSA) is 26.3 Å². The first-order valence-electron chi connectivity index (χ1n) is 6.91. The maximum atomic E-state index is 13.7. The average Bonchev–Trinajstić information content (AvgIpc) is 2.51. The van der Waals surface area contributed by atoms with Crippen molar-refractivity contribution in [3.63, 3.8) is 0 Å². The number of hydrogen-bond acceptors (Lipinski definition) is 3. The van der Waals surface area contributed by atoms with Gasteiger partial charge in [0.15, 0.2) is 0 Å². The van der Waals surface area contributed by atoms with Crippen molar-refractivity contribution >= 4 is 17.7 Å². The third-order valence-corrected chi connectivity index (χ3v) is 4.23. The molecule has 2 nitrogen and oxygen atoms in total. The van der Waals surface area contributed by atoms with Crippen LogP contribution in [0.3, 0.4) is 0 Å². The molecule has 0 aromatic heterocycles. The van der Waals surface area contributed by atoms with Crippen LogP contribution in [0.15, 0.2) is 53.4 Å². The van der Waals surface area contributed by atoms with Gasteiger partial charge in [0.25, 0.3) is 0 Å². The second kappa shape index (κ2) is 7.94. The van der Waals surface area contributed by atoms with Crippen LogP contribution in [0.2, 0.25) is 0 Å². The molecule has 0 fully saturated rings. The molecule has 0 N–H and O–H groups in total. The minimum atomic E-state index is -0.565. The number of carbonyl (C=O) groups excluding carboxylic acids is 1. The highest BCUT2D eigenvalue weighted by molar-refractivity contribution is 7.99. The van der Waals surface area contributed by atoms with Crippen LogP contribution in [0, 0.1) is 11.6 Å². The van der Waals surface area contributed by atoms with Gasteiger partial charge in [-0.2, -0.15) is 0 Å². The summed E-state index contributed by atoms with van der Waals surface area (Å²) in [5.74, 6) is -1.32. The molecule has 5 heteroatoms. The molecule has 2 aromatic rings. The van der Waals surface area contributed by atoms with Gasteiger partial charge in [-0.1, -0.05) is 24.3 Å². The fourth-order valence-electron chi connectivity index (χ4n) is 1.97. The fraction of sp³-hybridized carbons (Fsp3) is 0.235. The number of rotatable bonds is 6. The van der Waals surface area contributed by atoms with Gasteiger partial charge in [0.05, 0.1) is 12.5 Å². The SMILES string of the molecule is CCOC(=O)C(CSc1ccccc1F)c1ccc(F)cc1. The maximum Gasteiger partial charge on any atom is 0.314 e. The van der Waals surface area contributed by atoms with E-state index in [0.29, 0.717) is 16.2 Å². The van der Waals surface area contributed by atoms with E-state index in [4.69, 9.17) is 4.74 Å². The lowest BCUT2D eigenvalue weighted by Crippen LogP contribution is -2.18. The monoisotopic (exact) mass is 322 g/mol. The summed E-state index contributed by atoms with van der Waals surface area (Å²) >= 11 is 1.24. The lowest BCUT2D eigenvalue weighted by Gasteiger charge is -2.16. The molecule has 0 radical (unpaired) electrons. The Morgan fingerprint density at radius 3 is 2.45 bits per heavy atom. The predicted octanol–water partition coefficient (Wildman–Crippen LogP) is 4.40. The summed E-state index contributed by atoms with van der Waals surface area (Å²) in [7, 11) is 0. The summed E-state index contributed by atoms with van der Waals surface area (Å²) in [6.07, 6.45) is 0. The summed E-state index contributed by atoms with van der Waals surface area (Å²) in [6.45, 7) is 1.99. The Morgan fingerprint density at radius 2 is 1.82 bits per heavy atom. The van der Waals surface area contributed by atoms with Crippen molar-refractivity contribution in [2.24, 2.45) is 0 Å². The molecule has 0 heterocycles. The molecule has 1 atom stereocenters. The molecule has 0 saturated heterocycles. The molecular weight excluding hydrogens is 306 g/mol. The Kier molecular flexibility index (Phi) is 5.95. The van der Waals surface area contributed by atoms with Gasteiger partial charge in [-0.15, -0.1) is 11.8 Å². The van der Waals surface area contributed by atoms with Crippen molar-refractivity contribution in [3.05, 3.63) is 65.7 Å². The van der Waals surface area contributed by atoms with Crippen LogP contribution in [0.4, 0.5) is 8.78 Å². The second-order valence-corrected chi connectivity index (χ2v) is 5.66. The average molecular weight is 322 g/mol. The van der Waals surface area contributed by atoms with Crippen molar-refractivity contribution in [1.29, 1.82) is 0 Å². The van der Waals surface area contributed by atoms with E-state index in [9.17, 15) is 13.6 Å². The van der Waals surface area contributed by atoms with Crippen LogP contribution in [-0.4, -0.2) is 18.3 Å². The number of halogens is 2. The number of esters is 1. The van der Waals surface area contributed by atoms with Crippen molar-refractivity contribution in [1.82, 2.24) is 0 Å². The van der Waals surface area contributed by atoms with Crippen LogP contribution in [0.5, 0.6) is 0 Å². The van der Waals surface area contributed by atoms with Gasteiger partial charge in [0, 0.05) is 10.6 Å². The van der Waals surface area contributed by atoms with E-state index in [1.54, 1.807) is 37.3 Å². The lowest BCUT2D eigenvalue weighted by molar-refractivity contribution is -0.144. The van der Waals surface area contributed by atoms with Crippen LogP contribution < -0.4 is 0 Å². The van der Waals surface area contributed by atoms with Crippen molar-refractivity contribution in [2.45, 2.75) is 17.7 Å². The summed E-state index contributed by atoms with van der Waals surface area (Å²) in [4.78, 5) is 12.6. The third-order valence-electron chi connectivity index (χ3n) is 3.09. The first-order chi connectivity index (χ1) is 10.6. The van der Waals surface area contributed by atoms with Crippen molar-refractivity contribution < 1.29 is 18.3 Å². The quantitative estimate of drug-likeness (QED) is 0.582. The fourth-order valence-corrected chi connectivity index (χ4v) is 3.03. The van der Waals surface area contributed by atoms with E-state index >= 15 is 0 Å². The van der Waals surface area contributed by atoms with E-state index in [2.05, 4.69) is 0 Å². The number of carbonyl (C=O) groups is 1. The van der Waals surface area contributed by atoms with Gasteiger partial charge >= 0.3 is 5.97 Å². The zero-order chi connectivity index (χ0) is 15.9. The number of hydrogen-bond donors (Lipinski definition) is 0. The molecular formula is C17H16F2O2S. The minimum absolute atomic E-state index is 0.265. The molecule has 22 heavy (non-hydrogen) atoms. The first-order valence-corrected chi connectivity index (χ1v) is 7.89. The molecule has 1 unspecified atom stereocenters. The highest BCUT2D eigenvalue weighted by Crippen LogP contribution is 2.29. The summed E-state index contributed by atoms with van der Waals surface area (Å²) in [6, 6.07) is 12.1. The number of ether oxygens (including phenoxy) is 1. The smallest absolute Gasteiger partial charge is 0.314 e. The molecule has 116 valence electrons. The number of thioether (sulfide) groups is 1. The Balaban J connectivity index is 2.16. The standard InChI is InChI=1S/C17H16F2O2S/c1-2-21-17(20)14(12-7-9-13(18)10-8-12)11-22-16-6-4-3-5-15(16)19/h3-10,14H,2,11H2,1H3. The lowest BCUT2D eigenvalue weighted by atomic mass is 10.0. The van der Waals surface area contributed by atoms with E-state index in [1.165, 1.54) is 30.0 Å². The zero-order valence-electron chi connectivity index (χ0n) is 12.1. The molecule has 2 aromatic carbocycles. The van der Waals surface area contributed by atoms with Crippen LogP contribution in [0.25, 0.3) is 0 Å². The van der Waals surface area contributed by atoms with Crippen LogP contribution in [0.1, 0.15) is 18.4 Å². The second-order valence-electron chi connectivity index (χ2n) is 4.60. The molecule has 0 aliphatic heterocycles. The minimum Gasteiger partial charge on any atom is -0.465 e. The van der Waals surface area contributed by atoms with E-state index in [1.807, 2.05) is 0 Å². The molecule has 0 saturated carbocycles. The van der Waals surface area contributed by atoms with Crippen molar-refractivity contribution in [3.8, 4) is 0 Å². The Hall–Kier alpha value is -1.88. The Bertz CT molecular complexity index is 629. The van der Waals surface area contributed by atoms with Gasteiger partial charge in [0.1, 0.15) is 11.6 Å². The highest BCUT2D eigenvalue weighted by Gasteiger charge is 2.22. The summed E-state index contributed by atoms with van der Waals surface area (Å²) in [5.41, 5.74) is 0.656. The largest absolute Gasteiger partial charge is 0.465 e. The van der Waals surface area contributed by atoms with Crippen LogP contribution in [-0.2, 0) is 9.53 Å². The molecule has 0 bridgehead atoms. The molecule has 2 rings (SSSR count).